The SMILES string of the molecule is CC(NS)c1ccc[nH]c1=S. The first-order valence-corrected chi connectivity index (χ1v) is 4.18. The molecule has 0 fully saturated rings. The summed E-state index contributed by atoms with van der Waals surface area (Å²) in [5.74, 6) is 0. The Balaban J connectivity index is 3.03. The molecular formula is C7H10N2S2. The van der Waals surface area contributed by atoms with E-state index in [0.717, 1.165) is 10.2 Å². The van der Waals surface area contributed by atoms with Crippen molar-refractivity contribution in [2.75, 3.05) is 0 Å². The second-order valence-electron chi connectivity index (χ2n) is 2.31. The Hall–Kier alpha value is -0.320. The summed E-state index contributed by atoms with van der Waals surface area (Å²) >= 11 is 9.03. The molecule has 1 atom stereocenters. The van der Waals surface area contributed by atoms with Crippen molar-refractivity contribution >= 4 is 25.0 Å². The number of hydrogen-bond acceptors (Lipinski definition) is 3. The molecule has 0 bridgehead atoms. The molecule has 0 aliphatic heterocycles. The number of aromatic nitrogens is 1. The molecule has 1 rings (SSSR count). The van der Waals surface area contributed by atoms with Crippen LogP contribution in [0.3, 0.4) is 0 Å². The van der Waals surface area contributed by atoms with Crippen LogP contribution >= 0.6 is 25.0 Å². The molecule has 2 N–H and O–H groups in total. The minimum Gasteiger partial charge on any atom is -0.353 e. The maximum atomic E-state index is 5.07. The van der Waals surface area contributed by atoms with Crippen LogP contribution in [0.1, 0.15) is 18.5 Å². The van der Waals surface area contributed by atoms with Crippen LogP contribution in [0.2, 0.25) is 0 Å². The summed E-state index contributed by atoms with van der Waals surface area (Å²) in [5, 5.41) is 0. The lowest BCUT2D eigenvalue weighted by molar-refractivity contribution is 0.751. The zero-order valence-corrected chi connectivity index (χ0v) is 7.88. The molecule has 0 spiro atoms. The van der Waals surface area contributed by atoms with Crippen molar-refractivity contribution < 1.29 is 0 Å². The van der Waals surface area contributed by atoms with Crippen LogP contribution in [0.25, 0.3) is 0 Å². The van der Waals surface area contributed by atoms with E-state index in [1.807, 2.05) is 25.3 Å². The number of aromatic amines is 1. The normalized spacial score (nSPS) is 12.9. The summed E-state index contributed by atoms with van der Waals surface area (Å²) in [7, 11) is 0. The fraction of sp³-hybridized carbons (Fsp3) is 0.286. The molecule has 0 saturated carbocycles. The van der Waals surface area contributed by atoms with Gasteiger partial charge in [0.25, 0.3) is 0 Å². The van der Waals surface area contributed by atoms with E-state index >= 15 is 0 Å². The number of thiol groups is 1. The number of pyridine rings is 1. The minimum atomic E-state index is 0.184. The molecule has 0 aliphatic carbocycles. The van der Waals surface area contributed by atoms with E-state index in [2.05, 4.69) is 22.5 Å². The molecule has 0 aromatic carbocycles. The highest BCUT2D eigenvalue weighted by atomic mass is 32.1. The number of rotatable bonds is 2. The van der Waals surface area contributed by atoms with Crippen LogP contribution in [0.4, 0.5) is 0 Å². The summed E-state index contributed by atoms with van der Waals surface area (Å²) < 4.78 is 3.60. The zero-order chi connectivity index (χ0) is 8.27. The van der Waals surface area contributed by atoms with E-state index in [1.165, 1.54) is 0 Å². The monoisotopic (exact) mass is 186 g/mol. The van der Waals surface area contributed by atoms with Gasteiger partial charge in [-0.2, -0.15) is 0 Å². The van der Waals surface area contributed by atoms with E-state index in [-0.39, 0.29) is 6.04 Å². The first-order chi connectivity index (χ1) is 5.25. The lowest BCUT2D eigenvalue weighted by Gasteiger charge is -2.08. The smallest absolute Gasteiger partial charge is 0.108 e. The van der Waals surface area contributed by atoms with Gasteiger partial charge in [0.1, 0.15) is 4.64 Å². The van der Waals surface area contributed by atoms with Gasteiger partial charge in [0.2, 0.25) is 0 Å². The Bertz CT molecular complexity index is 282. The third-order valence-electron chi connectivity index (χ3n) is 1.51. The first-order valence-electron chi connectivity index (χ1n) is 3.33. The fourth-order valence-electron chi connectivity index (χ4n) is 0.845. The molecule has 0 amide bonds. The summed E-state index contributed by atoms with van der Waals surface area (Å²) in [6.45, 7) is 2.01. The molecule has 0 saturated heterocycles. The Morgan fingerprint density at radius 3 is 3.00 bits per heavy atom. The van der Waals surface area contributed by atoms with Gasteiger partial charge < -0.3 is 4.98 Å². The van der Waals surface area contributed by atoms with Crippen LogP contribution in [-0.4, -0.2) is 4.98 Å². The maximum Gasteiger partial charge on any atom is 0.108 e. The lowest BCUT2D eigenvalue weighted by atomic mass is 10.2. The van der Waals surface area contributed by atoms with Crippen molar-refractivity contribution in [1.82, 2.24) is 9.71 Å². The van der Waals surface area contributed by atoms with Gasteiger partial charge in [-0.05, 0) is 13.0 Å². The van der Waals surface area contributed by atoms with Gasteiger partial charge in [-0.15, -0.1) is 0 Å². The summed E-state index contributed by atoms with van der Waals surface area (Å²) in [5.41, 5.74) is 1.07. The second kappa shape index (κ2) is 3.90. The molecule has 0 aliphatic rings. The second-order valence-corrected chi connectivity index (χ2v) is 2.97. The van der Waals surface area contributed by atoms with E-state index in [4.69, 9.17) is 12.2 Å². The highest BCUT2D eigenvalue weighted by molar-refractivity contribution is 7.78. The van der Waals surface area contributed by atoms with Crippen LogP contribution in [-0.2, 0) is 0 Å². The standard InChI is InChI=1S/C7H10N2S2/c1-5(9-11)6-3-2-4-8-7(6)10/h2-5,9,11H,1H3,(H,8,10). The molecule has 1 aromatic heterocycles. The van der Waals surface area contributed by atoms with Crippen LogP contribution in [0.15, 0.2) is 18.3 Å². The molecule has 11 heavy (non-hydrogen) atoms. The topological polar surface area (TPSA) is 27.8 Å². The van der Waals surface area contributed by atoms with E-state index in [9.17, 15) is 0 Å². The average molecular weight is 186 g/mol. The van der Waals surface area contributed by atoms with Gasteiger partial charge in [-0.1, -0.05) is 31.1 Å². The van der Waals surface area contributed by atoms with Gasteiger partial charge in [0.15, 0.2) is 0 Å². The fourth-order valence-corrected chi connectivity index (χ4v) is 1.30. The quantitative estimate of drug-likeness (QED) is 0.488. The third kappa shape index (κ3) is 2.05. The highest BCUT2D eigenvalue weighted by Crippen LogP contribution is 2.11. The lowest BCUT2D eigenvalue weighted by Crippen LogP contribution is -2.07. The van der Waals surface area contributed by atoms with Gasteiger partial charge in [0, 0.05) is 17.8 Å². The Labute approximate surface area is 76.6 Å². The van der Waals surface area contributed by atoms with Gasteiger partial charge in [0.05, 0.1) is 0 Å². The summed E-state index contributed by atoms with van der Waals surface area (Å²) in [4.78, 5) is 2.96. The number of H-pyrrole nitrogens is 1. The van der Waals surface area contributed by atoms with Crippen molar-refractivity contribution in [1.29, 1.82) is 0 Å². The zero-order valence-electron chi connectivity index (χ0n) is 6.16. The van der Waals surface area contributed by atoms with Gasteiger partial charge in [-0.3, -0.25) is 4.72 Å². The van der Waals surface area contributed by atoms with Crippen molar-refractivity contribution in [2.45, 2.75) is 13.0 Å². The molecule has 0 radical (unpaired) electrons. The predicted octanol–water partition coefficient (Wildman–Crippen LogP) is 2.24. The van der Waals surface area contributed by atoms with Crippen LogP contribution < -0.4 is 4.72 Å². The Kier molecular flexibility index (Phi) is 3.11. The van der Waals surface area contributed by atoms with Crippen molar-refractivity contribution in [3.63, 3.8) is 0 Å². The largest absolute Gasteiger partial charge is 0.353 e. The number of hydrogen-bond donors (Lipinski definition) is 3. The summed E-state index contributed by atoms with van der Waals surface area (Å²) in [6, 6.07) is 4.09. The molecule has 1 heterocycles. The van der Waals surface area contributed by atoms with Crippen LogP contribution in [0.5, 0.6) is 0 Å². The molecule has 2 nitrogen and oxygen atoms in total. The molecular weight excluding hydrogens is 176 g/mol. The van der Waals surface area contributed by atoms with E-state index in [1.54, 1.807) is 0 Å². The first kappa shape index (κ1) is 8.77. The third-order valence-corrected chi connectivity index (χ3v) is 2.25. The van der Waals surface area contributed by atoms with E-state index in [0.29, 0.717) is 0 Å². The Morgan fingerprint density at radius 2 is 2.45 bits per heavy atom. The molecule has 1 aromatic rings. The van der Waals surface area contributed by atoms with Crippen molar-refractivity contribution in [3.05, 3.63) is 28.5 Å². The van der Waals surface area contributed by atoms with Crippen molar-refractivity contribution in [2.24, 2.45) is 0 Å². The van der Waals surface area contributed by atoms with Crippen molar-refractivity contribution in [3.8, 4) is 0 Å². The highest BCUT2D eigenvalue weighted by Gasteiger charge is 2.02. The molecule has 60 valence electrons. The minimum absolute atomic E-state index is 0.184. The Morgan fingerprint density at radius 1 is 1.73 bits per heavy atom. The maximum absolute atomic E-state index is 5.07. The average Bonchev–Trinajstić information content (AvgIpc) is 2.04. The van der Waals surface area contributed by atoms with Gasteiger partial charge in [-0.25, -0.2) is 0 Å². The van der Waals surface area contributed by atoms with Crippen LogP contribution in [0, 0.1) is 4.64 Å². The van der Waals surface area contributed by atoms with Gasteiger partial charge >= 0.3 is 0 Å². The number of nitrogens with one attached hydrogen (secondary N) is 2. The molecule has 1 unspecified atom stereocenters. The van der Waals surface area contributed by atoms with E-state index < -0.39 is 0 Å². The molecule has 4 heteroatoms. The summed E-state index contributed by atoms with van der Waals surface area (Å²) in [6.07, 6.45) is 1.82. The predicted molar refractivity (Wildman–Crippen MR) is 52.2 cm³/mol.